The van der Waals surface area contributed by atoms with Crippen molar-refractivity contribution < 1.29 is 14.2 Å². The van der Waals surface area contributed by atoms with Gasteiger partial charge in [0.2, 0.25) is 0 Å². The number of nitrogens with zero attached hydrogens (tertiary/aromatic N) is 1. The molecular formula is C22H38IN3O3. The minimum Gasteiger partial charge on any atom is -0.493 e. The van der Waals surface area contributed by atoms with E-state index in [2.05, 4.69) is 37.5 Å². The molecule has 1 heterocycles. The Labute approximate surface area is 193 Å². The Morgan fingerprint density at radius 2 is 2.10 bits per heavy atom. The predicted molar refractivity (Wildman–Crippen MR) is 129 cm³/mol. The molecule has 1 aromatic rings. The van der Waals surface area contributed by atoms with Gasteiger partial charge >= 0.3 is 0 Å². The third-order valence-electron chi connectivity index (χ3n) is 4.43. The van der Waals surface area contributed by atoms with Crippen molar-refractivity contribution in [2.45, 2.75) is 40.2 Å². The summed E-state index contributed by atoms with van der Waals surface area (Å²) in [6, 6.07) is 8.12. The number of hydrogen-bond acceptors (Lipinski definition) is 4. The van der Waals surface area contributed by atoms with Crippen LogP contribution < -0.4 is 15.4 Å². The summed E-state index contributed by atoms with van der Waals surface area (Å²) in [5.74, 6) is 2.81. The molecule has 0 bridgehead atoms. The van der Waals surface area contributed by atoms with Gasteiger partial charge in [0.25, 0.3) is 0 Å². The lowest BCUT2D eigenvalue weighted by Crippen LogP contribution is -2.38. The largest absolute Gasteiger partial charge is 0.493 e. The number of guanidine groups is 1. The lowest BCUT2D eigenvalue weighted by molar-refractivity contribution is 0.0888. The average molecular weight is 519 g/mol. The van der Waals surface area contributed by atoms with Gasteiger partial charge in [0.1, 0.15) is 5.75 Å². The number of halogens is 1. The van der Waals surface area contributed by atoms with Crippen LogP contribution in [0, 0.1) is 11.8 Å². The van der Waals surface area contributed by atoms with Gasteiger partial charge in [0, 0.05) is 37.8 Å². The number of ether oxygens (including phenoxy) is 3. The zero-order chi connectivity index (χ0) is 20.0. The Kier molecular flexibility index (Phi) is 14.1. The SMILES string of the molecule is CCNC(=NCc1ccccc1OCC(C)C)NCCCOCC1CCOC1.I. The van der Waals surface area contributed by atoms with E-state index in [9.17, 15) is 0 Å². The van der Waals surface area contributed by atoms with E-state index < -0.39 is 0 Å². The monoisotopic (exact) mass is 519 g/mol. The lowest BCUT2D eigenvalue weighted by atomic mass is 10.1. The average Bonchev–Trinajstić information content (AvgIpc) is 3.21. The van der Waals surface area contributed by atoms with Crippen LogP contribution in [0.25, 0.3) is 0 Å². The first-order valence-corrected chi connectivity index (χ1v) is 10.6. The van der Waals surface area contributed by atoms with Gasteiger partial charge in [-0.15, -0.1) is 24.0 Å². The van der Waals surface area contributed by atoms with E-state index in [1.54, 1.807) is 0 Å². The quantitative estimate of drug-likeness (QED) is 0.190. The second-order valence-corrected chi connectivity index (χ2v) is 7.59. The minimum atomic E-state index is 0. The van der Waals surface area contributed by atoms with E-state index in [4.69, 9.17) is 19.2 Å². The van der Waals surface area contributed by atoms with Gasteiger partial charge in [-0.2, -0.15) is 0 Å². The second-order valence-electron chi connectivity index (χ2n) is 7.59. The summed E-state index contributed by atoms with van der Waals surface area (Å²) < 4.78 is 17.0. The molecular weight excluding hydrogens is 481 g/mol. The summed E-state index contributed by atoms with van der Waals surface area (Å²) in [5.41, 5.74) is 1.10. The Bertz CT molecular complexity index is 578. The Morgan fingerprint density at radius 1 is 1.28 bits per heavy atom. The molecule has 2 N–H and O–H groups in total. The Morgan fingerprint density at radius 3 is 2.83 bits per heavy atom. The highest BCUT2D eigenvalue weighted by atomic mass is 127. The standard InChI is InChI=1S/C22H37N3O3.HI/c1-4-23-22(24-11-7-12-26-16-19-10-13-27-17-19)25-14-20-8-5-6-9-21(20)28-15-18(2)3;/h5-6,8-9,18-19H,4,7,10-17H2,1-3H3,(H2,23,24,25);1H. The van der Waals surface area contributed by atoms with E-state index in [1.165, 1.54) is 0 Å². The van der Waals surface area contributed by atoms with Crippen molar-refractivity contribution in [3.8, 4) is 5.75 Å². The smallest absolute Gasteiger partial charge is 0.191 e. The predicted octanol–water partition coefficient (Wildman–Crippen LogP) is 3.84. The van der Waals surface area contributed by atoms with Gasteiger partial charge in [-0.1, -0.05) is 32.0 Å². The van der Waals surface area contributed by atoms with E-state index in [0.29, 0.717) is 25.0 Å². The van der Waals surface area contributed by atoms with Crippen LogP contribution in [-0.4, -0.2) is 52.1 Å². The molecule has 1 unspecified atom stereocenters. The highest BCUT2D eigenvalue weighted by molar-refractivity contribution is 14.0. The topological polar surface area (TPSA) is 64.1 Å². The van der Waals surface area contributed by atoms with Crippen molar-refractivity contribution in [2.75, 3.05) is 46.1 Å². The van der Waals surface area contributed by atoms with E-state index in [-0.39, 0.29) is 24.0 Å². The van der Waals surface area contributed by atoms with Crippen LogP contribution in [0.4, 0.5) is 0 Å². The first kappa shape index (κ1) is 26.0. The summed E-state index contributed by atoms with van der Waals surface area (Å²) in [6.45, 7) is 12.6. The number of aliphatic imine (C=N–C) groups is 1. The molecule has 7 heteroatoms. The molecule has 0 amide bonds. The zero-order valence-corrected chi connectivity index (χ0v) is 20.4. The van der Waals surface area contributed by atoms with E-state index in [1.807, 2.05) is 18.2 Å². The normalized spacial score (nSPS) is 16.6. The van der Waals surface area contributed by atoms with Crippen molar-refractivity contribution in [1.82, 2.24) is 10.6 Å². The molecule has 1 aromatic carbocycles. The van der Waals surface area contributed by atoms with Gasteiger partial charge in [0.15, 0.2) is 5.96 Å². The van der Waals surface area contributed by atoms with Crippen LogP contribution in [0.2, 0.25) is 0 Å². The van der Waals surface area contributed by atoms with Crippen molar-refractivity contribution >= 4 is 29.9 Å². The maximum atomic E-state index is 5.92. The summed E-state index contributed by atoms with van der Waals surface area (Å²) in [4.78, 5) is 4.71. The van der Waals surface area contributed by atoms with Crippen molar-refractivity contribution in [1.29, 1.82) is 0 Å². The van der Waals surface area contributed by atoms with Gasteiger partial charge in [-0.05, 0) is 31.7 Å². The van der Waals surface area contributed by atoms with Crippen molar-refractivity contribution in [3.05, 3.63) is 29.8 Å². The van der Waals surface area contributed by atoms with Crippen LogP contribution >= 0.6 is 24.0 Å². The molecule has 29 heavy (non-hydrogen) atoms. The van der Waals surface area contributed by atoms with Crippen LogP contribution in [0.3, 0.4) is 0 Å². The van der Waals surface area contributed by atoms with Gasteiger partial charge < -0.3 is 24.8 Å². The van der Waals surface area contributed by atoms with Gasteiger partial charge in [0.05, 0.1) is 26.4 Å². The molecule has 0 aliphatic carbocycles. The molecule has 6 nitrogen and oxygen atoms in total. The van der Waals surface area contributed by atoms with E-state index >= 15 is 0 Å². The summed E-state index contributed by atoms with van der Waals surface area (Å²) >= 11 is 0. The molecule has 1 saturated heterocycles. The number of rotatable bonds is 12. The Hall–Kier alpha value is -1.06. The lowest BCUT2D eigenvalue weighted by Gasteiger charge is -2.14. The third kappa shape index (κ3) is 11.1. The highest BCUT2D eigenvalue weighted by Crippen LogP contribution is 2.19. The molecule has 0 aromatic heterocycles. The minimum absolute atomic E-state index is 0. The highest BCUT2D eigenvalue weighted by Gasteiger charge is 2.15. The zero-order valence-electron chi connectivity index (χ0n) is 18.1. The maximum Gasteiger partial charge on any atom is 0.191 e. The Balaban J connectivity index is 0.00000420. The van der Waals surface area contributed by atoms with Gasteiger partial charge in [-0.3, -0.25) is 0 Å². The van der Waals surface area contributed by atoms with Crippen LogP contribution in [-0.2, 0) is 16.0 Å². The first-order valence-electron chi connectivity index (χ1n) is 10.6. The number of para-hydroxylation sites is 1. The van der Waals surface area contributed by atoms with Crippen molar-refractivity contribution in [3.63, 3.8) is 0 Å². The van der Waals surface area contributed by atoms with E-state index in [0.717, 1.165) is 69.6 Å². The fraction of sp³-hybridized carbons (Fsp3) is 0.682. The van der Waals surface area contributed by atoms with Gasteiger partial charge in [-0.25, -0.2) is 4.99 Å². The van der Waals surface area contributed by atoms with Crippen LogP contribution in [0.15, 0.2) is 29.3 Å². The summed E-state index contributed by atoms with van der Waals surface area (Å²) in [7, 11) is 0. The van der Waals surface area contributed by atoms with Crippen molar-refractivity contribution in [2.24, 2.45) is 16.8 Å². The molecule has 1 fully saturated rings. The molecule has 1 atom stereocenters. The fourth-order valence-corrected chi connectivity index (χ4v) is 2.88. The third-order valence-corrected chi connectivity index (χ3v) is 4.43. The first-order chi connectivity index (χ1) is 13.7. The van der Waals surface area contributed by atoms with Crippen LogP contribution in [0.1, 0.15) is 39.2 Å². The molecule has 2 rings (SSSR count). The summed E-state index contributed by atoms with van der Waals surface area (Å²) in [6.07, 6.45) is 2.07. The molecule has 0 spiro atoms. The fourth-order valence-electron chi connectivity index (χ4n) is 2.88. The molecule has 0 saturated carbocycles. The molecule has 1 aliphatic rings. The molecule has 0 radical (unpaired) electrons. The molecule has 1 aliphatic heterocycles. The maximum absolute atomic E-state index is 5.92. The summed E-state index contributed by atoms with van der Waals surface area (Å²) in [5, 5.41) is 6.68. The number of benzene rings is 1. The number of nitrogens with one attached hydrogen (secondary N) is 2. The molecule has 166 valence electrons. The van der Waals surface area contributed by atoms with Crippen LogP contribution in [0.5, 0.6) is 5.75 Å². The second kappa shape index (κ2) is 15.7. The number of hydrogen-bond donors (Lipinski definition) is 2.